The van der Waals surface area contributed by atoms with Gasteiger partial charge in [0.25, 0.3) is 11.8 Å². The van der Waals surface area contributed by atoms with Gasteiger partial charge in [0.1, 0.15) is 0 Å². The van der Waals surface area contributed by atoms with Crippen LogP contribution in [0.4, 0.5) is 0 Å². The summed E-state index contributed by atoms with van der Waals surface area (Å²) in [5.41, 5.74) is 1.27. The summed E-state index contributed by atoms with van der Waals surface area (Å²) in [6.07, 6.45) is 1.40. The van der Waals surface area contributed by atoms with E-state index >= 15 is 0 Å². The summed E-state index contributed by atoms with van der Waals surface area (Å²) in [5.74, 6) is -2.30. The molecule has 2 amide bonds. The van der Waals surface area contributed by atoms with Gasteiger partial charge in [-0.25, -0.2) is 9.48 Å². The minimum Gasteiger partial charge on any atom is -0.322 e. The highest BCUT2D eigenvalue weighted by Crippen LogP contribution is 2.23. The normalized spacial score (nSPS) is 13.0. The van der Waals surface area contributed by atoms with Crippen molar-refractivity contribution >= 4 is 17.8 Å². The van der Waals surface area contributed by atoms with Crippen molar-refractivity contribution in [3.8, 4) is 0 Å². The number of fused-ring (bicyclic) bond motifs is 1. The van der Waals surface area contributed by atoms with Crippen LogP contribution in [0, 0.1) is 0 Å². The molecule has 0 spiro atoms. The third-order valence-electron chi connectivity index (χ3n) is 3.87. The van der Waals surface area contributed by atoms with Gasteiger partial charge in [0.2, 0.25) is 0 Å². The molecular formula is C18H12N4O4. The summed E-state index contributed by atoms with van der Waals surface area (Å²) >= 11 is 0. The Balaban J connectivity index is 1.48. The highest BCUT2D eigenvalue weighted by atomic mass is 16.7. The second kappa shape index (κ2) is 6.25. The van der Waals surface area contributed by atoms with Crippen LogP contribution in [0.2, 0.25) is 0 Å². The maximum Gasteiger partial charge on any atom is 0.385 e. The second-order valence-electron chi connectivity index (χ2n) is 5.62. The van der Waals surface area contributed by atoms with E-state index in [-0.39, 0.29) is 16.8 Å². The molecule has 8 nitrogen and oxygen atoms in total. The smallest absolute Gasteiger partial charge is 0.322 e. The van der Waals surface area contributed by atoms with Crippen LogP contribution < -0.4 is 0 Å². The number of aromatic nitrogens is 3. The third kappa shape index (κ3) is 2.73. The fraction of sp³-hybridized carbons (Fsp3) is 0.0556. The lowest BCUT2D eigenvalue weighted by Crippen LogP contribution is -2.32. The standard InChI is InChI=1S/C18H12N4O4/c23-16-13-8-4-5-9-14(13)17(24)22(16)26-18(25)15-11-21(20-19-15)10-12-6-2-1-3-7-12/h1-9,11H,10H2. The predicted molar refractivity (Wildman–Crippen MR) is 87.9 cm³/mol. The van der Waals surface area contributed by atoms with Crippen molar-refractivity contribution in [1.29, 1.82) is 0 Å². The molecule has 1 aliphatic rings. The molecule has 0 atom stereocenters. The van der Waals surface area contributed by atoms with E-state index < -0.39 is 17.8 Å². The Hall–Kier alpha value is -3.81. The average Bonchev–Trinajstić information content (AvgIpc) is 3.22. The Bertz CT molecular complexity index is 978. The van der Waals surface area contributed by atoms with E-state index in [2.05, 4.69) is 10.3 Å². The van der Waals surface area contributed by atoms with Crippen molar-refractivity contribution in [1.82, 2.24) is 20.1 Å². The number of hydrogen-bond acceptors (Lipinski definition) is 6. The van der Waals surface area contributed by atoms with Gasteiger partial charge < -0.3 is 4.84 Å². The maximum atomic E-state index is 12.2. The van der Waals surface area contributed by atoms with E-state index in [0.717, 1.165) is 5.56 Å². The van der Waals surface area contributed by atoms with E-state index in [0.29, 0.717) is 11.6 Å². The fourth-order valence-corrected chi connectivity index (χ4v) is 2.62. The highest BCUT2D eigenvalue weighted by Gasteiger charge is 2.39. The number of nitrogens with zero attached hydrogens (tertiary/aromatic N) is 4. The lowest BCUT2D eigenvalue weighted by molar-refractivity contribution is -0.0588. The number of benzene rings is 2. The molecule has 0 fully saturated rings. The first-order valence-electron chi connectivity index (χ1n) is 7.77. The van der Waals surface area contributed by atoms with Crippen LogP contribution in [0.5, 0.6) is 0 Å². The van der Waals surface area contributed by atoms with E-state index in [4.69, 9.17) is 4.84 Å². The predicted octanol–water partition coefficient (Wildman–Crippen LogP) is 1.69. The lowest BCUT2D eigenvalue weighted by Gasteiger charge is -2.11. The van der Waals surface area contributed by atoms with Crippen LogP contribution >= 0.6 is 0 Å². The zero-order valence-electron chi connectivity index (χ0n) is 13.4. The van der Waals surface area contributed by atoms with E-state index in [1.807, 2.05) is 30.3 Å². The molecule has 0 unspecified atom stereocenters. The summed E-state index contributed by atoms with van der Waals surface area (Å²) < 4.78 is 1.47. The average molecular weight is 348 g/mol. The van der Waals surface area contributed by atoms with Crippen LogP contribution in [-0.2, 0) is 11.4 Å². The Morgan fingerprint density at radius 2 is 1.54 bits per heavy atom. The van der Waals surface area contributed by atoms with Gasteiger partial charge in [-0.1, -0.05) is 52.7 Å². The number of rotatable bonds is 4. The molecule has 2 heterocycles. The van der Waals surface area contributed by atoms with Gasteiger partial charge in [-0.15, -0.1) is 5.10 Å². The van der Waals surface area contributed by atoms with Crippen LogP contribution in [0.25, 0.3) is 0 Å². The van der Waals surface area contributed by atoms with Crippen LogP contribution in [0.3, 0.4) is 0 Å². The summed E-state index contributed by atoms with van der Waals surface area (Å²) in [6.45, 7) is 0.425. The maximum absolute atomic E-state index is 12.2. The van der Waals surface area contributed by atoms with Crippen molar-refractivity contribution in [2.24, 2.45) is 0 Å². The van der Waals surface area contributed by atoms with Gasteiger partial charge in [0, 0.05) is 0 Å². The number of carbonyl (C=O) groups excluding carboxylic acids is 3. The lowest BCUT2D eigenvalue weighted by atomic mass is 10.1. The molecular weight excluding hydrogens is 336 g/mol. The fourth-order valence-electron chi connectivity index (χ4n) is 2.62. The second-order valence-corrected chi connectivity index (χ2v) is 5.62. The van der Waals surface area contributed by atoms with Gasteiger partial charge >= 0.3 is 5.97 Å². The number of imide groups is 1. The number of amides is 2. The van der Waals surface area contributed by atoms with Crippen molar-refractivity contribution in [2.75, 3.05) is 0 Å². The monoisotopic (exact) mass is 348 g/mol. The molecule has 0 bridgehead atoms. The van der Waals surface area contributed by atoms with Gasteiger partial charge in [-0.2, -0.15) is 0 Å². The summed E-state index contributed by atoms with van der Waals surface area (Å²) in [6, 6.07) is 15.8. The first kappa shape index (κ1) is 15.7. The molecule has 0 radical (unpaired) electrons. The minimum atomic E-state index is -0.932. The molecule has 1 aromatic heterocycles. The van der Waals surface area contributed by atoms with Crippen molar-refractivity contribution in [3.05, 3.63) is 83.2 Å². The molecule has 3 aromatic rings. The number of carbonyl (C=O) groups is 3. The Kier molecular flexibility index (Phi) is 3.77. The topological polar surface area (TPSA) is 94.4 Å². The van der Waals surface area contributed by atoms with Gasteiger partial charge in [-0.3, -0.25) is 9.59 Å². The van der Waals surface area contributed by atoms with Crippen molar-refractivity contribution in [2.45, 2.75) is 6.54 Å². The van der Waals surface area contributed by atoms with Gasteiger partial charge in [0.05, 0.1) is 23.9 Å². The molecule has 8 heteroatoms. The molecule has 1 aliphatic heterocycles. The molecule has 0 saturated carbocycles. The van der Waals surface area contributed by atoms with E-state index in [1.165, 1.54) is 23.0 Å². The van der Waals surface area contributed by atoms with Crippen LogP contribution in [-0.4, -0.2) is 37.8 Å². The largest absolute Gasteiger partial charge is 0.385 e. The molecule has 2 aromatic carbocycles. The van der Waals surface area contributed by atoms with Gasteiger partial charge in [-0.05, 0) is 17.7 Å². The molecule has 4 rings (SSSR count). The van der Waals surface area contributed by atoms with Crippen LogP contribution in [0.1, 0.15) is 36.8 Å². The molecule has 128 valence electrons. The zero-order valence-corrected chi connectivity index (χ0v) is 13.4. The SMILES string of the molecule is O=C(ON1C(=O)c2ccccc2C1=O)c1cn(Cc2ccccc2)nn1. The van der Waals surface area contributed by atoms with Crippen molar-refractivity contribution < 1.29 is 19.2 Å². The van der Waals surface area contributed by atoms with Gasteiger partial charge in [0.15, 0.2) is 5.69 Å². The Morgan fingerprint density at radius 3 is 2.19 bits per heavy atom. The van der Waals surface area contributed by atoms with E-state index in [1.54, 1.807) is 12.1 Å². The molecule has 0 aliphatic carbocycles. The summed E-state index contributed by atoms with van der Waals surface area (Å²) in [5, 5.41) is 8.05. The summed E-state index contributed by atoms with van der Waals surface area (Å²) in [7, 11) is 0. The first-order valence-corrected chi connectivity index (χ1v) is 7.77. The highest BCUT2D eigenvalue weighted by molar-refractivity contribution is 6.21. The number of hydroxylamine groups is 2. The Morgan fingerprint density at radius 1 is 0.923 bits per heavy atom. The Labute approximate surface area is 147 Å². The van der Waals surface area contributed by atoms with E-state index in [9.17, 15) is 14.4 Å². The summed E-state index contributed by atoms with van der Waals surface area (Å²) in [4.78, 5) is 41.6. The molecule has 26 heavy (non-hydrogen) atoms. The third-order valence-corrected chi connectivity index (χ3v) is 3.87. The van der Waals surface area contributed by atoms with Crippen molar-refractivity contribution in [3.63, 3.8) is 0 Å². The first-order chi connectivity index (χ1) is 12.6. The molecule has 0 saturated heterocycles. The number of hydrogen-bond donors (Lipinski definition) is 0. The van der Waals surface area contributed by atoms with Crippen LogP contribution in [0.15, 0.2) is 60.8 Å². The zero-order chi connectivity index (χ0) is 18.1. The molecule has 0 N–H and O–H groups in total. The quantitative estimate of drug-likeness (QED) is 0.666. The minimum absolute atomic E-state index is 0.0995.